The zero-order valence-electron chi connectivity index (χ0n) is 10.4. The van der Waals surface area contributed by atoms with Crippen LogP contribution in [0.25, 0.3) is 0 Å². The van der Waals surface area contributed by atoms with Crippen LogP contribution < -0.4 is 10.6 Å². The molecule has 0 bridgehead atoms. The van der Waals surface area contributed by atoms with E-state index >= 15 is 0 Å². The second-order valence-corrected chi connectivity index (χ2v) is 5.68. The lowest BCUT2D eigenvalue weighted by Crippen LogP contribution is -2.34. The Morgan fingerprint density at radius 3 is 2.94 bits per heavy atom. The number of nitrogens with zero attached hydrogens (tertiary/aromatic N) is 2. The molecule has 94 valence electrons. The predicted octanol–water partition coefficient (Wildman–Crippen LogP) is 1.91. The van der Waals surface area contributed by atoms with Gasteiger partial charge in [-0.05, 0) is 24.5 Å². The predicted molar refractivity (Wildman–Crippen MR) is 75.7 cm³/mol. The fraction of sp³-hybridized carbons (Fsp3) is 0.615. The minimum absolute atomic E-state index is 0.247. The summed E-state index contributed by atoms with van der Waals surface area (Å²) in [5, 5.41) is 0. The van der Waals surface area contributed by atoms with Gasteiger partial charge in [0, 0.05) is 36.8 Å². The molecule has 1 aromatic rings. The number of pyridine rings is 1. The Labute approximate surface area is 108 Å². The lowest BCUT2D eigenvalue weighted by Gasteiger charge is -2.29. The van der Waals surface area contributed by atoms with Crippen LogP contribution in [0.1, 0.15) is 18.9 Å². The molecule has 1 atom stereocenters. The van der Waals surface area contributed by atoms with Gasteiger partial charge in [0.05, 0.1) is 0 Å². The number of hydrogen-bond donors (Lipinski definition) is 1. The molecule has 2 heterocycles. The van der Waals surface area contributed by atoms with Crippen LogP contribution in [0.3, 0.4) is 0 Å². The summed E-state index contributed by atoms with van der Waals surface area (Å²) < 4.78 is 0. The highest BCUT2D eigenvalue weighted by atomic mass is 32.2. The molecule has 4 heteroatoms. The Hall–Kier alpha value is -0.740. The number of hydrogen-bond acceptors (Lipinski definition) is 4. The maximum absolute atomic E-state index is 6.05. The standard InChI is InChI=1S/C13H21N3S/c1-2-12(14)10-11-4-3-5-15-13(11)16-6-8-17-9-7-16/h3-5,12H,2,6-10,14H2,1H3. The fourth-order valence-corrected chi connectivity index (χ4v) is 2.98. The molecule has 1 aliphatic heterocycles. The van der Waals surface area contributed by atoms with Crippen LogP contribution in [0, 0.1) is 0 Å². The van der Waals surface area contributed by atoms with E-state index in [9.17, 15) is 0 Å². The van der Waals surface area contributed by atoms with Crippen molar-refractivity contribution >= 4 is 17.6 Å². The van der Waals surface area contributed by atoms with Crippen molar-refractivity contribution in [1.29, 1.82) is 0 Å². The summed E-state index contributed by atoms with van der Waals surface area (Å²) in [5.41, 5.74) is 7.35. The van der Waals surface area contributed by atoms with Gasteiger partial charge in [0.15, 0.2) is 0 Å². The molecule has 0 aliphatic carbocycles. The molecule has 1 aliphatic rings. The van der Waals surface area contributed by atoms with E-state index in [1.165, 1.54) is 17.1 Å². The zero-order valence-corrected chi connectivity index (χ0v) is 11.2. The first-order valence-corrected chi connectivity index (χ1v) is 7.49. The summed E-state index contributed by atoms with van der Waals surface area (Å²) in [6.07, 6.45) is 3.84. The van der Waals surface area contributed by atoms with E-state index in [0.717, 1.165) is 31.7 Å². The first kappa shape index (κ1) is 12.7. The van der Waals surface area contributed by atoms with Crippen molar-refractivity contribution in [2.75, 3.05) is 29.5 Å². The molecule has 0 amide bonds. The summed E-state index contributed by atoms with van der Waals surface area (Å²) in [6.45, 7) is 4.35. The van der Waals surface area contributed by atoms with Crippen LogP contribution in [-0.4, -0.2) is 35.6 Å². The summed E-state index contributed by atoms with van der Waals surface area (Å²) in [6, 6.07) is 4.43. The van der Waals surface area contributed by atoms with E-state index < -0.39 is 0 Å². The largest absolute Gasteiger partial charge is 0.355 e. The summed E-state index contributed by atoms with van der Waals surface area (Å²) in [7, 11) is 0. The van der Waals surface area contributed by atoms with Crippen molar-refractivity contribution in [3.63, 3.8) is 0 Å². The van der Waals surface area contributed by atoms with Crippen LogP contribution in [0.2, 0.25) is 0 Å². The second kappa shape index (κ2) is 6.26. The summed E-state index contributed by atoms with van der Waals surface area (Å²) in [4.78, 5) is 6.95. The monoisotopic (exact) mass is 251 g/mol. The quantitative estimate of drug-likeness (QED) is 0.887. The molecule has 0 saturated carbocycles. The van der Waals surface area contributed by atoms with Crippen molar-refractivity contribution < 1.29 is 0 Å². The second-order valence-electron chi connectivity index (χ2n) is 4.46. The number of thioether (sulfide) groups is 1. The van der Waals surface area contributed by atoms with E-state index in [1.807, 2.05) is 24.0 Å². The van der Waals surface area contributed by atoms with Gasteiger partial charge in [-0.1, -0.05) is 13.0 Å². The minimum Gasteiger partial charge on any atom is -0.355 e. The third-order valence-electron chi connectivity index (χ3n) is 3.18. The highest BCUT2D eigenvalue weighted by molar-refractivity contribution is 7.99. The lowest BCUT2D eigenvalue weighted by molar-refractivity contribution is 0.642. The zero-order chi connectivity index (χ0) is 12.1. The molecule has 0 radical (unpaired) electrons. The normalized spacial score (nSPS) is 18.1. The van der Waals surface area contributed by atoms with Crippen LogP contribution >= 0.6 is 11.8 Å². The molecule has 1 unspecified atom stereocenters. The molecule has 1 saturated heterocycles. The molecule has 2 N–H and O–H groups in total. The SMILES string of the molecule is CCC(N)Cc1cccnc1N1CCSCC1. The molecule has 1 aromatic heterocycles. The van der Waals surface area contributed by atoms with E-state index in [1.54, 1.807) is 0 Å². The van der Waals surface area contributed by atoms with Crippen LogP contribution in [0.4, 0.5) is 5.82 Å². The van der Waals surface area contributed by atoms with Crippen molar-refractivity contribution in [3.8, 4) is 0 Å². The molecular formula is C13H21N3S. The van der Waals surface area contributed by atoms with Crippen molar-refractivity contribution in [1.82, 2.24) is 4.98 Å². The van der Waals surface area contributed by atoms with Gasteiger partial charge in [-0.25, -0.2) is 4.98 Å². The van der Waals surface area contributed by atoms with Crippen LogP contribution in [0.5, 0.6) is 0 Å². The molecule has 2 rings (SSSR count). The number of anilines is 1. The first-order valence-electron chi connectivity index (χ1n) is 6.33. The lowest BCUT2D eigenvalue weighted by atomic mass is 10.1. The van der Waals surface area contributed by atoms with E-state index in [2.05, 4.69) is 22.9 Å². The summed E-state index contributed by atoms with van der Waals surface area (Å²) >= 11 is 2.02. The Morgan fingerprint density at radius 1 is 1.47 bits per heavy atom. The van der Waals surface area contributed by atoms with E-state index in [0.29, 0.717) is 0 Å². The van der Waals surface area contributed by atoms with E-state index in [-0.39, 0.29) is 6.04 Å². The van der Waals surface area contributed by atoms with Gasteiger partial charge in [-0.3, -0.25) is 0 Å². The minimum atomic E-state index is 0.247. The summed E-state index contributed by atoms with van der Waals surface area (Å²) in [5.74, 6) is 3.56. The number of rotatable bonds is 4. The maximum atomic E-state index is 6.05. The van der Waals surface area contributed by atoms with Gasteiger partial charge in [0.25, 0.3) is 0 Å². The molecule has 0 aromatic carbocycles. The molecule has 0 spiro atoms. The number of nitrogens with two attached hydrogens (primary N) is 1. The van der Waals surface area contributed by atoms with Gasteiger partial charge in [0.1, 0.15) is 5.82 Å². The smallest absolute Gasteiger partial charge is 0.131 e. The van der Waals surface area contributed by atoms with Crippen molar-refractivity contribution in [3.05, 3.63) is 23.9 Å². The van der Waals surface area contributed by atoms with Crippen molar-refractivity contribution in [2.24, 2.45) is 5.73 Å². The van der Waals surface area contributed by atoms with Crippen molar-refractivity contribution in [2.45, 2.75) is 25.8 Å². The third kappa shape index (κ3) is 3.36. The highest BCUT2D eigenvalue weighted by Crippen LogP contribution is 2.22. The van der Waals surface area contributed by atoms with Gasteiger partial charge in [-0.15, -0.1) is 0 Å². The first-order chi connectivity index (χ1) is 8.31. The maximum Gasteiger partial charge on any atom is 0.131 e. The Bertz CT molecular complexity index is 350. The van der Waals surface area contributed by atoms with Crippen LogP contribution in [0.15, 0.2) is 18.3 Å². The Balaban J connectivity index is 2.14. The molecule has 1 fully saturated rings. The van der Waals surface area contributed by atoms with Gasteiger partial charge in [0.2, 0.25) is 0 Å². The average Bonchev–Trinajstić information content (AvgIpc) is 2.40. The molecule has 17 heavy (non-hydrogen) atoms. The average molecular weight is 251 g/mol. The fourth-order valence-electron chi connectivity index (χ4n) is 2.08. The third-order valence-corrected chi connectivity index (χ3v) is 4.13. The topological polar surface area (TPSA) is 42.1 Å². The number of aromatic nitrogens is 1. The Kier molecular flexibility index (Phi) is 4.68. The highest BCUT2D eigenvalue weighted by Gasteiger charge is 2.16. The molecular weight excluding hydrogens is 230 g/mol. The van der Waals surface area contributed by atoms with Gasteiger partial charge in [-0.2, -0.15) is 11.8 Å². The van der Waals surface area contributed by atoms with Gasteiger partial charge < -0.3 is 10.6 Å². The van der Waals surface area contributed by atoms with Gasteiger partial charge >= 0.3 is 0 Å². The Morgan fingerprint density at radius 2 is 2.24 bits per heavy atom. The molecule has 3 nitrogen and oxygen atoms in total. The van der Waals surface area contributed by atoms with E-state index in [4.69, 9.17) is 5.73 Å². The van der Waals surface area contributed by atoms with Crippen LogP contribution in [-0.2, 0) is 6.42 Å².